The van der Waals surface area contributed by atoms with Crippen LogP contribution < -0.4 is 11.1 Å². The number of carbonyl (C=O) groups excluding carboxylic acids is 1. The first-order valence-electron chi connectivity index (χ1n) is 8.66. The number of aliphatic carboxylic acids is 1. The minimum atomic E-state index is -0.834. The van der Waals surface area contributed by atoms with Gasteiger partial charge in [-0.05, 0) is 12.8 Å². The van der Waals surface area contributed by atoms with Crippen molar-refractivity contribution in [3.8, 4) is 0 Å². The van der Waals surface area contributed by atoms with E-state index in [1.54, 1.807) is 0 Å². The van der Waals surface area contributed by atoms with E-state index < -0.39 is 5.97 Å². The van der Waals surface area contributed by atoms with E-state index in [0.717, 1.165) is 0 Å². The van der Waals surface area contributed by atoms with Crippen molar-refractivity contribution in [2.75, 3.05) is 65.9 Å². The lowest BCUT2D eigenvalue weighted by Crippen LogP contribution is -2.27. The number of rotatable bonds is 19. The molecule has 148 valence electrons. The number of nitrogens with two attached hydrogens (primary N) is 1. The number of ether oxygens (including phenoxy) is 4. The summed E-state index contributed by atoms with van der Waals surface area (Å²) in [7, 11) is 0. The molecule has 0 aliphatic rings. The number of carbonyl (C=O) groups is 2. The molecular weight excluding hydrogens is 332 g/mol. The van der Waals surface area contributed by atoms with Crippen molar-refractivity contribution in [3.05, 3.63) is 0 Å². The van der Waals surface area contributed by atoms with Crippen molar-refractivity contribution in [2.45, 2.75) is 25.7 Å². The molecule has 0 spiro atoms. The molecule has 0 aliphatic carbocycles. The number of unbranched alkanes of at least 4 members (excludes halogenated alkanes) is 1. The van der Waals surface area contributed by atoms with Crippen LogP contribution in [0.1, 0.15) is 25.7 Å². The summed E-state index contributed by atoms with van der Waals surface area (Å²) in [6, 6.07) is 0. The average molecular weight is 364 g/mol. The van der Waals surface area contributed by atoms with Crippen LogP contribution in [-0.4, -0.2) is 82.9 Å². The van der Waals surface area contributed by atoms with Gasteiger partial charge in [-0.3, -0.25) is 9.59 Å². The molecule has 9 heteroatoms. The van der Waals surface area contributed by atoms with Gasteiger partial charge in [0.15, 0.2) is 0 Å². The second-order valence-electron chi connectivity index (χ2n) is 5.19. The Bertz CT molecular complexity index is 330. The molecule has 0 aromatic heterocycles. The van der Waals surface area contributed by atoms with E-state index in [4.69, 9.17) is 29.8 Å². The van der Waals surface area contributed by atoms with E-state index in [1.807, 2.05) is 0 Å². The molecule has 0 aromatic rings. The average Bonchev–Trinajstić information content (AvgIpc) is 2.59. The van der Waals surface area contributed by atoms with Crippen LogP contribution in [0.2, 0.25) is 0 Å². The zero-order valence-corrected chi connectivity index (χ0v) is 14.9. The Labute approximate surface area is 149 Å². The molecule has 0 unspecified atom stereocenters. The maximum Gasteiger partial charge on any atom is 0.303 e. The second kappa shape index (κ2) is 19.1. The number of carboxylic acids is 1. The fourth-order valence-electron chi connectivity index (χ4n) is 1.76. The number of hydrogen-bond acceptors (Lipinski definition) is 7. The van der Waals surface area contributed by atoms with Crippen molar-refractivity contribution in [2.24, 2.45) is 5.73 Å². The first-order valence-corrected chi connectivity index (χ1v) is 8.66. The summed E-state index contributed by atoms with van der Waals surface area (Å²) in [5.74, 6) is -0.919. The van der Waals surface area contributed by atoms with E-state index in [-0.39, 0.29) is 12.3 Å². The van der Waals surface area contributed by atoms with E-state index in [9.17, 15) is 9.59 Å². The number of carboxylic acid groups (broad SMARTS) is 1. The van der Waals surface area contributed by atoms with E-state index in [2.05, 4.69) is 5.32 Å². The number of amides is 1. The fourth-order valence-corrected chi connectivity index (χ4v) is 1.76. The second-order valence-corrected chi connectivity index (χ2v) is 5.19. The number of nitrogens with one attached hydrogen (secondary N) is 1. The van der Waals surface area contributed by atoms with Gasteiger partial charge in [-0.1, -0.05) is 0 Å². The highest BCUT2D eigenvalue weighted by Gasteiger charge is 2.02. The molecule has 1 amide bonds. The molecule has 0 heterocycles. The van der Waals surface area contributed by atoms with Crippen LogP contribution in [0.25, 0.3) is 0 Å². The van der Waals surface area contributed by atoms with Gasteiger partial charge in [0.2, 0.25) is 5.91 Å². The zero-order chi connectivity index (χ0) is 18.6. The van der Waals surface area contributed by atoms with Gasteiger partial charge >= 0.3 is 5.97 Å². The molecule has 0 atom stereocenters. The molecule has 0 rings (SSSR count). The molecule has 0 aliphatic heterocycles. The van der Waals surface area contributed by atoms with Gasteiger partial charge < -0.3 is 35.1 Å². The first kappa shape index (κ1) is 23.7. The summed E-state index contributed by atoms with van der Waals surface area (Å²) in [5.41, 5.74) is 5.28. The third-order valence-corrected chi connectivity index (χ3v) is 2.99. The molecule has 4 N–H and O–H groups in total. The van der Waals surface area contributed by atoms with Crippen molar-refractivity contribution < 1.29 is 33.6 Å². The van der Waals surface area contributed by atoms with Crippen molar-refractivity contribution in [1.29, 1.82) is 0 Å². The van der Waals surface area contributed by atoms with Gasteiger partial charge in [-0.25, -0.2) is 0 Å². The molecule has 0 bridgehead atoms. The number of hydrogen-bond donors (Lipinski definition) is 3. The maximum absolute atomic E-state index is 11.4. The van der Waals surface area contributed by atoms with Crippen LogP contribution >= 0.6 is 0 Å². The molecule has 0 saturated heterocycles. The molecular formula is C16H32N2O7. The molecule has 0 aromatic carbocycles. The van der Waals surface area contributed by atoms with E-state index in [1.165, 1.54) is 0 Å². The van der Waals surface area contributed by atoms with Gasteiger partial charge in [-0.15, -0.1) is 0 Å². The van der Waals surface area contributed by atoms with Gasteiger partial charge in [0.25, 0.3) is 0 Å². The largest absolute Gasteiger partial charge is 0.481 e. The van der Waals surface area contributed by atoms with E-state index in [0.29, 0.717) is 85.2 Å². The van der Waals surface area contributed by atoms with E-state index >= 15 is 0 Å². The summed E-state index contributed by atoms with van der Waals surface area (Å²) in [4.78, 5) is 21.8. The highest BCUT2D eigenvalue weighted by atomic mass is 16.6. The Morgan fingerprint density at radius 3 is 1.76 bits per heavy atom. The summed E-state index contributed by atoms with van der Waals surface area (Å²) in [6.07, 6.45) is 1.53. The first-order chi connectivity index (χ1) is 12.2. The molecule has 25 heavy (non-hydrogen) atoms. The topological polar surface area (TPSA) is 129 Å². The summed E-state index contributed by atoms with van der Waals surface area (Å²) >= 11 is 0. The monoisotopic (exact) mass is 364 g/mol. The summed E-state index contributed by atoms with van der Waals surface area (Å²) < 4.78 is 21.1. The van der Waals surface area contributed by atoms with Gasteiger partial charge in [0.1, 0.15) is 0 Å². The van der Waals surface area contributed by atoms with Gasteiger partial charge in [-0.2, -0.15) is 0 Å². The van der Waals surface area contributed by atoms with Gasteiger partial charge in [0, 0.05) is 25.9 Å². The lowest BCUT2D eigenvalue weighted by atomic mass is 10.2. The van der Waals surface area contributed by atoms with Crippen LogP contribution in [0.4, 0.5) is 0 Å². The zero-order valence-electron chi connectivity index (χ0n) is 14.9. The molecule has 0 saturated carbocycles. The van der Waals surface area contributed by atoms with Crippen LogP contribution in [0.3, 0.4) is 0 Å². The smallest absolute Gasteiger partial charge is 0.303 e. The fraction of sp³-hybridized carbons (Fsp3) is 0.875. The third-order valence-electron chi connectivity index (χ3n) is 2.99. The Balaban J connectivity index is 3.13. The molecule has 0 radical (unpaired) electrons. The predicted octanol–water partition coefficient (Wildman–Crippen LogP) is -0.227. The molecule has 9 nitrogen and oxygen atoms in total. The normalized spacial score (nSPS) is 10.8. The Hall–Kier alpha value is -1.26. The quantitative estimate of drug-likeness (QED) is 0.268. The maximum atomic E-state index is 11.4. The highest BCUT2D eigenvalue weighted by molar-refractivity contribution is 5.75. The van der Waals surface area contributed by atoms with Crippen LogP contribution in [0.15, 0.2) is 0 Å². The van der Waals surface area contributed by atoms with Crippen molar-refractivity contribution in [1.82, 2.24) is 5.32 Å². The minimum Gasteiger partial charge on any atom is -0.481 e. The lowest BCUT2D eigenvalue weighted by molar-refractivity contribution is -0.137. The Morgan fingerprint density at radius 1 is 0.760 bits per heavy atom. The Morgan fingerprint density at radius 2 is 1.24 bits per heavy atom. The van der Waals surface area contributed by atoms with Gasteiger partial charge in [0.05, 0.1) is 52.9 Å². The molecule has 0 fully saturated rings. The minimum absolute atomic E-state index is 0.0853. The predicted molar refractivity (Wildman–Crippen MR) is 91.4 cm³/mol. The van der Waals surface area contributed by atoms with Crippen LogP contribution in [0.5, 0.6) is 0 Å². The van der Waals surface area contributed by atoms with Crippen molar-refractivity contribution in [3.63, 3.8) is 0 Å². The summed E-state index contributed by atoms with van der Waals surface area (Å²) in [5, 5.41) is 11.2. The highest BCUT2D eigenvalue weighted by Crippen LogP contribution is 1.99. The van der Waals surface area contributed by atoms with Crippen molar-refractivity contribution >= 4 is 11.9 Å². The standard InChI is InChI=1S/C16H32N2O7/c17-5-7-22-9-11-24-13-14-25-12-10-23-8-6-18-15(19)3-1-2-4-16(20)21/h1-14,17H2,(H,18,19)(H,20,21). The third kappa shape index (κ3) is 20.7. The summed E-state index contributed by atoms with van der Waals surface area (Å²) in [6.45, 7) is 4.88. The SMILES string of the molecule is NCCOCCOCCOCCOCCNC(=O)CCCCC(=O)O. The lowest BCUT2D eigenvalue weighted by Gasteiger charge is -2.08. The Kier molecular flexibility index (Phi) is 18.1. The van der Waals surface area contributed by atoms with Crippen LogP contribution in [0, 0.1) is 0 Å². The van der Waals surface area contributed by atoms with Crippen LogP contribution in [-0.2, 0) is 28.5 Å².